The molecule has 0 radical (unpaired) electrons. The average Bonchev–Trinajstić information content (AvgIpc) is 2.43. The summed E-state index contributed by atoms with van der Waals surface area (Å²) in [4.78, 5) is 11.8. The molecule has 1 aromatic carbocycles. The summed E-state index contributed by atoms with van der Waals surface area (Å²) < 4.78 is 5.47. The maximum absolute atomic E-state index is 11.8. The molecule has 3 N–H and O–H groups in total. The lowest BCUT2D eigenvalue weighted by Gasteiger charge is -2.20. The molecule has 0 spiro atoms. The second kappa shape index (κ2) is 7.38. The third kappa shape index (κ3) is 5.69. The second-order valence-corrected chi connectivity index (χ2v) is 5.39. The molecule has 5 heteroatoms. The van der Waals surface area contributed by atoms with Gasteiger partial charge in [0, 0.05) is 12.1 Å². The molecule has 1 unspecified atom stereocenters. The molecule has 1 rings (SSSR count). The number of carbonyl (C=O) groups is 1. The molecular weight excluding hydrogens is 258 g/mol. The summed E-state index contributed by atoms with van der Waals surface area (Å²) in [7, 11) is 0. The number of amides is 1. The monoisotopic (exact) mass is 281 g/mol. The van der Waals surface area contributed by atoms with Gasteiger partial charge in [-0.15, -0.1) is 0 Å². The Hall–Kier alpha value is -1.43. The molecule has 0 aliphatic carbocycles. The largest absolute Gasteiger partial charge is 0.393 e. The molecule has 112 valence electrons. The number of aliphatic hydroxyl groups excluding tert-OH is 1. The van der Waals surface area contributed by atoms with E-state index in [4.69, 9.17) is 9.84 Å². The maximum Gasteiger partial charge on any atom is 0.251 e. The Morgan fingerprint density at radius 3 is 2.45 bits per heavy atom. The van der Waals surface area contributed by atoms with Gasteiger partial charge in [0.15, 0.2) is 0 Å². The number of hydrogen-bond donors (Lipinski definition) is 3. The van der Waals surface area contributed by atoms with E-state index in [-0.39, 0.29) is 18.6 Å². The standard InChI is InChI=1S/C15H23NO4/c1-11(2)20-8-12-4-6-13(7-5-12)14(18)16-9-15(3,19)10-17/h4-7,11,17,19H,8-10H2,1-3H3,(H,16,18). The van der Waals surface area contributed by atoms with E-state index in [0.29, 0.717) is 12.2 Å². The lowest BCUT2D eigenvalue weighted by Crippen LogP contribution is -2.43. The summed E-state index contributed by atoms with van der Waals surface area (Å²) in [5.41, 5.74) is 0.199. The van der Waals surface area contributed by atoms with Crippen LogP contribution in [0.25, 0.3) is 0 Å². The molecule has 0 aromatic heterocycles. The third-order valence-electron chi connectivity index (χ3n) is 2.77. The molecule has 0 bridgehead atoms. The van der Waals surface area contributed by atoms with Gasteiger partial charge >= 0.3 is 0 Å². The van der Waals surface area contributed by atoms with E-state index in [9.17, 15) is 9.90 Å². The highest BCUT2D eigenvalue weighted by atomic mass is 16.5. The van der Waals surface area contributed by atoms with Gasteiger partial charge < -0.3 is 20.3 Å². The van der Waals surface area contributed by atoms with Gasteiger partial charge in [0.25, 0.3) is 5.91 Å². The Bertz CT molecular complexity index is 426. The number of ether oxygens (including phenoxy) is 1. The van der Waals surface area contributed by atoms with Crippen molar-refractivity contribution in [3.05, 3.63) is 35.4 Å². The number of aliphatic hydroxyl groups is 2. The smallest absolute Gasteiger partial charge is 0.251 e. The van der Waals surface area contributed by atoms with Crippen LogP contribution in [0.5, 0.6) is 0 Å². The topological polar surface area (TPSA) is 78.8 Å². The number of carbonyl (C=O) groups excluding carboxylic acids is 1. The summed E-state index contributed by atoms with van der Waals surface area (Å²) in [6, 6.07) is 7.09. The fourth-order valence-electron chi connectivity index (χ4n) is 1.44. The van der Waals surface area contributed by atoms with Gasteiger partial charge in [0.1, 0.15) is 5.60 Å². The number of hydrogen-bond acceptors (Lipinski definition) is 4. The first-order chi connectivity index (χ1) is 9.34. The quantitative estimate of drug-likeness (QED) is 0.699. The van der Waals surface area contributed by atoms with Crippen molar-refractivity contribution in [1.29, 1.82) is 0 Å². The zero-order chi connectivity index (χ0) is 15.2. The molecule has 1 amide bonds. The fourth-order valence-corrected chi connectivity index (χ4v) is 1.44. The van der Waals surface area contributed by atoms with Crippen molar-refractivity contribution < 1.29 is 19.7 Å². The van der Waals surface area contributed by atoms with Gasteiger partial charge in [0.05, 0.1) is 19.3 Å². The van der Waals surface area contributed by atoms with Crippen molar-refractivity contribution in [3.63, 3.8) is 0 Å². The average molecular weight is 281 g/mol. The molecule has 1 atom stereocenters. The highest BCUT2D eigenvalue weighted by Gasteiger charge is 2.20. The predicted molar refractivity (Wildman–Crippen MR) is 76.4 cm³/mol. The van der Waals surface area contributed by atoms with Crippen molar-refractivity contribution in [2.75, 3.05) is 13.2 Å². The van der Waals surface area contributed by atoms with Crippen LogP contribution in [0, 0.1) is 0 Å². The van der Waals surface area contributed by atoms with Crippen LogP contribution in [0.15, 0.2) is 24.3 Å². The van der Waals surface area contributed by atoms with E-state index in [0.717, 1.165) is 5.56 Å². The van der Waals surface area contributed by atoms with Gasteiger partial charge in [-0.05, 0) is 38.5 Å². The Kier molecular flexibility index (Phi) is 6.13. The van der Waals surface area contributed by atoms with Crippen LogP contribution in [-0.4, -0.2) is 41.0 Å². The molecule has 0 heterocycles. The van der Waals surface area contributed by atoms with Crippen molar-refractivity contribution >= 4 is 5.91 Å². The highest BCUT2D eigenvalue weighted by molar-refractivity contribution is 5.94. The van der Waals surface area contributed by atoms with Crippen LogP contribution in [0.1, 0.15) is 36.7 Å². The van der Waals surface area contributed by atoms with E-state index >= 15 is 0 Å². The van der Waals surface area contributed by atoms with Gasteiger partial charge in [-0.1, -0.05) is 12.1 Å². The Morgan fingerprint density at radius 1 is 1.35 bits per heavy atom. The van der Waals surface area contributed by atoms with Crippen molar-refractivity contribution in [3.8, 4) is 0 Å². The fraction of sp³-hybridized carbons (Fsp3) is 0.533. The molecule has 0 aliphatic heterocycles. The molecule has 5 nitrogen and oxygen atoms in total. The van der Waals surface area contributed by atoms with Crippen LogP contribution < -0.4 is 5.32 Å². The third-order valence-corrected chi connectivity index (χ3v) is 2.77. The van der Waals surface area contributed by atoms with Crippen LogP contribution in [0.3, 0.4) is 0 Å². The minimum Gasteiger partial charge on any atom is -0.393 e. The maximum atomic E-state index is 11.8. The first kappa shape index (κ1) is 16.6. The van der Waals surface area contributed by atoms with E-state index in [1.807, 2.05) is 26.0 Å². The lowest BCUT2D eigenvalue weighted by atomic mass is 10.1. The molecule has 0 fully saturated rings. The van der Waals surface area contributed by atoms with Crippen LogP contribution in [-0.2, 0) is 11.3 Å². The van der Waals surface area contributed by atoms with Gasteiger partial charge in [-0.3, -0.25) is 4.79 Å². The molecule has 0 saturated carbocycles. The van der Waals surface area contributed by atoms with E-state index in [1.54, 1.807) is 12.1 Å². The number of benzene rings is 1. The van der Waals surface area contributed by atoms with Gasteiger partial charge in [-0.2, -0.15) is 0 Å². The summed E-state index contributed by atoms with van der Waals surface area (Å²) in [5, 5.41) is 21.1. The lowest BCUT2D eigenvalue weighted by molar-refractivity contribution is 0.00320. The second-order valence-electron chi connectivity index (χ2n) is 5.39. The Labute approximate surface area is 119 Å². The first-order valence-corrected chi connectivity index (χ1v) is 6.66. The van der Waals surface area contributed by atoms with Crippen LogP contribution >= 0.6 is 0 Å². The minimum atomic E-state index is -1.30. The molecule has 20 heavy (non-hydrogen) atoms. The van der Waals surface area contributed by atoms with Gasteiger partial charge in [0.2, 0.25) is 0 Å². The normalized spacial score (nSPS) is 14.1. The van der Waals surface area contributed by atoms with E-state index < -0.39 is 12.2 Å². The van der Waals surface area contributed by atoms with Crippen LogP contribution in [0.4, 0.5) is 0 Å². The SMILES string of the molecule is CC(C)OCc1ccc(C(=O)NCC(C)(O)CO)cc1. The Balaban J connectivity index is 2.53. The first-order valence-electron chi connectivity index (χ1n) is 6.66. The number of nitrogens with one attached hydrogen (secondary N) is 1. The Morgan fingerprint density at radius 2 is 1.95 bits per heavy atom. The molecular formula is C15H23NO4. The molecule has 0 aliphatic rings. The van der Waals surface area contributed by atoms with Crippen molar-refractivity contribution in [1.82, 2.24) is 5.32 Å². The van der Waals surface area contributed by atoms with Crippen molar-refractivity contribution in [2.24, 2.45) is 0 Å². The molecule has 0 saturated heterocycles. The summed E-state index contributed by atoms with van der Waals surface area (Å²) in [6.07, 6.45) is 0.165. The predicted octanol–water partition coefficient (Wildman–Crippen LogP) is 1.08. The number of rotatable bonds is 7. The van der Waals surface area contributed by atoms with Gasteiger partial charge in [-0.25, -0.2) is 0 Å². The zero-order valence-electron chi connectivity index (χ0n) is 12.2. The molecule has 1 aromatic rings. The van der Waals surface area contributed by atoms with Crippen molar-refractivity contribution in [2.45, 2.75) is 39.1 Å². The van der Waals surface area contributed by atoms with E-state index in [1.165, 1.54) is 6.92 Å². The minimum absolute atomic E-state index is 0.000541. The highest BCUT2D eigenvalue weighted by Crippen LogP contribution is 2.08. The summed E-state index contributed by atoms with van der Waals surface area (Å²) >= 11 is 0. The summed E-state index contributed by atoms with van der Waals surface area (Å²) in [5.74, 6) is -0.282. The van der Waals surface area contributed by atoms with E-state index in [2.05, 4.69) is 5.32 Å². The van der Waals surface area contributed by atoms with Crippen LogP contribution in [0.2, 0.25) is 0 Å². The summed E-state index contributed by atoms with van der Waals surface area (Å²) in [6.45, 7) is 5.50. The zero-order valence-corrected chi connectivity index (χ0v) is 12.2.